The fourth-order valence-corrected chi connectivity index (χ4v) is 5.05. The third kappa shape index (κ3) is 4.78. The lowest BCUT2D eigenvalue weighted by Crippen LogP contribution is -2.41. The number of nitrogens with one attached hydrogen (secondary N) is 1. The molecule has 1 N–H and O–H groups in total. The summed E-state index contributed by atoms with van der Waals surface area (Å²) in [6.07, 6.45) is 4.11. The summed E-state index contributed by atoms with van der Waals surface area (Å²) in [4.78, 5) is 38.0. The van der Waals surface area contributed by atoms with Gasteiger partial charge in [-0.25, -0.2) is 4.79 Å². The van der Waals surface area contributed by atoms with Crippen LogP contribution >= 0.6 is 11.3 Å². The number of carbonyl (C=O) groups excluding carboxylic acids is 3. The Balaban J connectivity index is 1.99. The molecule has 2 unspecified atom stereocenters. The maximum absolute atomic E-state index is 13.0. The molecule has 1 aliphatic carbocycles. The largest absolute Gasteiger partial charge is 0.550 e. The van der Waals surface area contributed by atoms with Gasteiger partial charge in [-0.2, -0.15) is 0 Å². The minimum absolute atomic E-state index is 0.00346. The molecule has 0 saturated heterocycles. The van der Waals surface area contributed by atoms with Crippen molar-refractivity contribution in [1.82, 2.24) is 0 Å². The van der Waals surface area contributed by atoms with Gasteiger partial charge in [-0.1, -0.05) is 57.2 Å². The van der Waals surface area contributed by atoms with Gasteiger partial charge in [0.25, 0.3) is 0 Å². The lowest BCUT2D eigenvalue weighted by Gasteiger charge is -2.28. The van der Waals surface area contributed by atoms with E-state index in [1.54, 1.807) is 12.2 Å². The van der Waals surface area contributed by atoms with Gasteiger partial charge in [-0.15, -0.1) is 11.3 Å². The summed E-state index contributed by atoms with van der Waals surface area (Å²) in [7, 11) is 1.30. The van der Waals surface area contributed by atoms with Crippen molar-refractivity contribution in [2.75, 3.05) is 12.4 Å². The first kappa shape index (κ1) is 23.7. The number of aryl methyl sites for hydroxylation is 1. The molecule has 0 radical (unpaired) electrons. The van der Waals surface area contributed by atoms with Gasteiger partial charge < -0.3 is 20.0 Å². The average Bonchev–Trinajstić information content (AvgIpc) is 3.08. The number of methoxy groups -OCH3 is 1. The number of amides is 1. The van der Waals surface area contributed by atoms with Crippen LogP contribution in [0.15, 0.2) is 36.4 Å². The summed E-state index contributed by atoms with van der Waals surface area (Å²) < 4.78 is 5.02. The van der Waals surface area contributed by atoms with Crippen LogP contribution < -0.4 is 10.4 Å². The summed E-state index contributed by atoms with van der Waals surface area (Å²) in [5.74, 6) is -3.90. The molecule has 1 aromatic heterocycles. The quantitative estimate of drug-likeness (QED) is 0.543. The summed E-state index contributed by atoms with van der Waals surface area (Å²) >= 11 is 1.28. The van der Waals surface area contributed by atoms with E-state index in [0.29, 0.717) is 17.0 Å². The van der Waals surface area contributed by atoms with Crippen molar-refractivity contribution in [3.8, 4) is 11.1 Å². The molecule has 2 aromatic rings. The normalized spacial score (nSPS) is 18.3. The molecule has 1 aliphatic rings. The number of ether oxygens (including phenoxy) is 1. The minimum Gasteiger partial charge on any atom is -0.550 e. The zero-order valence-electron chi connectivity index (χ0n) is 19.0. The van der Waals surface area contributed by atoms with E-state index in [1.165, 1.54) is 24.0 Å². The summed E-state index contributed by atoms with van der Waals surface area (Å²) in [5, 5.41) is 14.7. The van der Waals surface area contributed by atoms with Crippen molar-refractivity contribution in [3.05, 3.63) is 52.4 Å². The van der Waals surface area contributed by atoms with Crippen LogP contribution in [0.3, 0.4) is 0 Å². The van der Waals surface area contributed by atoms with E-state index in [-0.39, 0.29) is 17.4 Å². The molecule has 6 nitrogen and oxygen atoms in total. The van der Waals surface area contributed by atoms with Crippen LogP contribution in [-0.4, -0.2) is 25.0 Å². The number of hydrogen-bond acceptors (Lipinski definition) is 6. The Bertz CT molecular complexity index is 1060. The maximum atomic E-state index is 13.0. The van der Waals surface area contributed by atoms with E-state index in [4.69, 9.17) is 4.74 Å². The molecule has 1 amide bonds. The van der Waals surface area contributed by atoms with Gasteiger partial charge in [0.1, 0.15) is 10.6 Å². The van der Waals surface area contributed by atoms with Crippen LogP contribution in [0.2, 0.25) is 0 Å². The standard InChI is InChI=1S/C25H29NO5S/c1-14-19(15-10-12-16(13-11-15)25(2,3)4)20(24(30)31-5)22(32-14)26-21(27)17-8-6-7-9-18(17)23(28)29/h6-7,10-13,17-18H,8-9H2,1-5H3,(H,26,27)(H,28,29)/p-1. The molecule has 7 heteroatoms. The lowest BCUT2D eigenvalue weighted by molar-refractivity contribution is -0.313. The number of rotatable bonds is 5. The first-order valence-electron chi connectivity index (χ1n) is 10.5. The number of aliphatic carboxylic acids is 1. The van der Waals surface area contributed by atoms with Gasteiger partial charge >= 0.3 is 5.97 Å². The molecular formula is C25H28NO5S-. The Labute approximate surface area is 192 Å². The fraction of sp³-hybridized carbons (Fsp3) is 0.400. The van der Waals surface area contributed by atoms with Crippen molar-refractivity contribution in [2.24, 2.45) is 11.8 Å². The lowest BCUT2D eigenvalue weighted by atomic mass is 9.82. The van der Waals surface area contributed by atoms with Crippen LogP contribution in [0.4, 0.5) is 5.00 Å². The highest BCUT2D eigenvalue weighted by molar-refractivity contribution is 7.17. The Morgan fingerprint density at radius 2 is 1.66 bits per heavy atom. The molecule has 0 spiro atoms. The molecule has 3 rings (SSSR count). The molecule has 2 atom stereocenters. The molecule has 1 aromatic carbocycles. The van der Waals surface area contributed by atoms with E-state index < -0.39 is 29.7 Å². The van der Waals surface area contributed by atoms with Crippen molar-refractivity contribution in [2.45, 2.75) is 46.0 Å². The first-order chi connectivity index (χ1) is 15.0. The van der Waals surface area contributed by atoms with Crippen molar-refractivity contribution >= 4 is 34.2 Å². The number of thiophene rings is 1. The van der Waals surface area contributed by atoms with Crippen LogP contribution in [-0.2, 0) is 19.7 Å². The van der Waals surface area contributed by atoms with Gasteiger partial charge in [0.05, 0.1) is 13.0 Å². The number of anilines is 1. The molecule has 1 heterocycles. The van der Waals surface area contributed by atoms with Crippen molar-refractivity contribution < 1.29 is 24.2 Å². The Kier molecular flexibility index (Phi) is 6.88. The van der Waals surface area contributed by atoms with Crippen LogP contribution in [0.5, 0.6) is 0 Å². The molecule has 0 aliphatic heterocycles. The summed E-state index contributed by atoms with van der Waals surface area (Å²) in [6.45, 7) is 8.27. The van der Waals surface area contributed by atoms with Crippen LogP contribution in [0.25, 0.3) is 11.1 Å². The first-order valence-corrected chi connectivity index (χ1v) is 11.4. The van der Waals surface area contributed by atoms with E-state index in [1.807, 2.05) is 31.2 Å². The summed E-state index contributed by atoms with van der Waals surface area (Å²) in [5.41, 5.74) is 3.00. The molecule has 0 saturated carbocycles. The second-order valence-electron chi connectivity index (χ2n) is 9.02. The third-order valence-corrected chi connectivity index (χ3v) is 6.84. The number of carbonyl (C=O) groups is 3. The topological polar surface area (TPSA) is 95.5 Å². The zero-order valence-corrected chi connectivity index (χ0v) is 19.8. The Hall–Kier alpha value is -2.93. The molecular weight excluding hydrogens is 426 g/mol. The third-order valence-electron chi connectivity index (χ3n) is 5.82. The van der Waals surface area contributed by atoms with Crippen molar-refractivity contribution in [1.29, 1.82) is 0 Å². The average molecular weight is 455 g/mol. The minimum atomic E-state index is -1.25. The SMILES string of the molecule is COC(=O)c1c(NC(=O)C2CC=CCC2C(=O)[O-])sc(C)c1-c1ccc(C(C)(C)C)cc1. The van der Waals surface area contributed by atoms with E-state index >= 15 is 0 Å². The number of hydrogen-bond donors (Lipinski definition) is 1. The number of allylic oxidation sites excluding steroid dienone is 2. The Morgan fingerprint density at radius 1 is 1.06 bits per heavy atom. The smallest absolute Gasteiger partial charge is 0.341 e. The van der Waals surface area contributed by atoms with Gasteiger partial charge in [0, 0.05) is 22.3 Å². The highest BCUT2D eigenvalue weighted by Gasteiger charge is 2.32. The van der Waals surface area contributed by atoms with Crippen LogP contribution in [0, 0.1) is 18.8 Å². The number of carboxylic acids is 1. The number of carboxylic acid groups (broad SMARTS) is 1. The van der Waals surface area contributed by atoms with Gasteiger partial charge in [0.15, 0.2) is 0 Å². The Morgan fingerprint density at radius 3 is 2.19 bits per heavy atom. The molecule has 32 heavy (non-hydrogen) atoms. The predicted octanol–water partition coefficient (Wildman–Crippen LogP) is 4.08. The van der Waals surface area contributed by atoms with Gasteiger partial charge in [-0.3, -0.25) is 4.79 Å². The van der Waals surface area contributed by atoms with Gasteiger partial charge in [0.2, 0.25) is 5.91 Å². The number of benzene rings is 1. The molecule has 0 fully saturated rings. The second kappa shape index (κ2) is 9.28. The predicted molar refractivity (Wildman–Crippen MR) is 124 cm³/mol. The monoisotopic (exact) mass is 454 g/mol. The van der Waals surface area contributed by atoms with E-state index in [2.05, 4.69) is 26.1 Å². The second-order valence-corrected chi connectivity index (χ2v) is 10.2. The fourth-order valence-electron chi connectivity index (χ4n) is 3.98. The highest BCUT2D eigenvalue weighted by atomic mass is 32.1. The maximum Gasteiger partial charge on any atom is 0.341 e. The highest BCUT2D eigenvalue weighted by Crippen LogP contribution is 2.41. The summed E-state index contributed by atoms with van der Waals surface area (Å²) in [6, 6.07) is 7.99. The van der Waals surface area contributed by atoms with E-state index in [9.17, 15) is 19.5 Å². The molecule has 0 bridgehead atoms. The van der Waals surface area contributed by atoms with Crippen molar-refractivity contribution in [3.63, 3.8) is 0 Å². The number of esters is 1. The van der Waals surface area contributed by atoms with Gasteiger partial charge in [-0.05, 0) is 36.3 Å². The zero-order chi connectivity index (χ0) is 23.6. The van der Waals surface area contributed by atoms with E-state index in [0.717, 1.165) is 10.4 Å². The molecule has 170 valence electrons. The van der Waals surface area contributed by atoms with Crippen LogP contribution in [0.1, 0.15) is 54.4 Å².